The zero-order valence-electron chi connectivity index (χ0n) is 27.8. The molecule has 7 heteroatoms. The van der Waals surface area contributed by atoms with Gasteiger partial charge in [0, 0.05) is 6.42 Å². The van der Waals surface area contributed by atoms with Crippen molar-refractivity contribution in [3.05, 3.63) is 0 Å². The Morgan fingerprint density at radius 3 is 1.78 bits per heavy atom. The molecule has 0 spiro atoms. The van der Waals surface area contributed by atoms with Crippen molar-refractivity contribution in [3.8, 4) is 0 Å². The van der Waals surface area contributed by atoms with Crippen LogP contribution in [0.4, 0.5) is 0 Å². The molecule has 0 aromatic carbocycles. The molecule has 0 aromatic rings. The van der Waals surface area contributed by atoms with Crippen molar-refractivity contribution >= 4 is 5.91 Å². The lowest BCUT2D eigenvalue weighted by Gasteiger charge is -2.28. The number of ether oxygens (including phenoxy) is 5. The quantitative estimate of drug-likeness (QED) is 0.122. The molecule has 2 aliphatic rings. The predicted molar refractivity (Wildman–Crippen MR) is 166 cm³/mol. The molecule has 0 saturated carbocycles. The second kappa shape index (κ2) is 19.5. The van der Waals surface area contributed by atoms with Crippen molar-refractivity contribution in [3.63, 3.8) is 0 Å². The third-order valence-electron chi connectivity index (χ3n) is 8.33. The molecule has 242 valence electrons. The fraction of sp³-hybridized carbons (Fsp3) is 0.971. The van der Waals surface area contributed by atoms with E-state index >= 15 is 0 Å². The molecule has 5 atom stereocenters. The summed E-state index contributed by atoms with van der Waals surface area (Å²) < 4.78 is 31.1. The average Bonchev–Trinajstić information content (AvgIpc) is 3.40. The summed E-state index contributed by atoms with van der Waals surface area (Å²) in [6.45, 7) is 15.1. The zero-order valence-corrected chi connectivity index (χ0v) is 27.8. The van der Waals surface area contributed by atoms with Crippen molar-refractivity contribution in [1.29, 1.82) is 0 Å². The minimum Gasteiger partial charge on any atom is -0.376 e. The molecule has 1 amide bonds. The molecule has 2 fully saturated rings. The minimum absolute atomic E-state index is 0.00568. The molecule has 2 heterocycles. The SMILES string of the molecule is CCCCCCCCCCCCCC[C@H]1OC(C)(C)O[C@H]1[C@H](COCC1OC(C)(C)O[C@H]1CC)NC(=O)CCCC. The van der Waals surface area contributed by atoms with Crippen molar-refractivity contribution in [2.45, 2.75) is 200 Å². The fourth-order valence-corrected chi connectivity index (χ4v) is 6.16. The molecular weight excluding hydrogens is 518 g/mol. The van der Waals surface area contributed by atoms with Crippen LogP contribution in [0.2, 0.25) is 0 Å². The van der Waals surface area contributed by atoms with Gasteiger partial charge in [-0.25, -0.2) is 0 Å². The Balaban J connectivity index is 1.83. The van der Waals surface area contributed by atoms with Gasteiger partial charge in [0.25, 0.3) is 0 Å². The Kier molecular flexibility index (Phi) is 17.4. The molecule has 41 heavy (non-hydrogen) atoms. The third kappa shape index (κ3) is 14.5. The number of amides is 1. The van der Waals surface area contributed by atoms with Gasteiger partial charge >= 0.3 is 0 Å². The number of unbranched alkanes of at least 4 members (excludes halogenated alkanes) is 12. The van der Waals surface area contributed by atoms with Crippen LogP contribution in [0.15, 0.2) is 0 Å². The van der Waals surface area contributed by atoms with Gasteiger partial charge in [0.15, 0.2) is 11.6 Å². The first kappa shape index (κ1) is 36.5. The summed E-state index contributed by atoms with van der Waals surface area (Å²) in [5.74, 6) is -1.24. The Hall–Kier alpha value is -0.730. The highest BCUT2D eigenvalue weighted by molar-refractivity contribution is 5.76. The van der Waals surface area contributed by atoms with Gasteiger partial charge in [0.1, 0.15) is 12.2 Å². The van der Waals surface area contributed by atoms with E-state index < -0.39 is 11.6 Å². The van der Waals surface area contributed by atoms with Gasteiger partial charge in [0.05, 0.1) is 31.5 Å². The number of carbonyl (C=O) groups is 1. The van der Waals surface area contributed by atoms with E-state index in [-0.39, 0.29) is 36.4 Å². The maximum atomic E-state index is 12.8. The van der Waals surface area contributed by atoms with Crippen LogP contribution in [0, 0.1) is 0 Å². The molecule has 7 nitrogen and oxygen atoms in total. The average molecular weight is 584 g/mol. The Morgan fingerprint density at radius 1 is 0.683 bits per heavy atom. The first-order valence-corrected chi connectivity index (χ1v) is 17.2. The normalized spacial score (nSPS) is 25.9. The number of carbonyl (C=O) groups excluding carboxylic acids is 1. The smallest absolute Gasteiger partial charge is 0.220 e. The molecule has 2 aliphatic heterocycles. The second-order valence-corrected chi connectivity index (χ2v) is 13.3. The van der Waals surface area contributed by atoms with Gasteiger partial charge in [-0.1, -0.05) is 104 Å². The monoisotopic (exact) mass is 583 g/mol. The van der Waals surface area contributed by atoms with E-state index in [1.807, 2.05) is 27.7 Å². The van der Waals surface area contributed by atoms with E-state index in [0.717, 1.165) is 32.1 Å². The number of hydrogen-bond acceptors (Lipinski definition) is 6. The van der Waals surface area contributed by atoms with Crippen LogP contribution in [0.1, 0.15) is 158 Å². The van der Waals surface area contributed by atoms with Crippen molar-refractivity contribution in [2.24, 2.45) is 0 Å². The largest absolute Gasteiger partial charge is 0.376 e. The van der Waals surface area contributed by atoms with Gasteiger partial charge in [-0.05, 0) is 47.0 Å². The number of hydrogen-bond donors (Lipinski definition) is 1. The standard InChI is InChI=1S/C34H65NO6/c1-8-11-13-14-15-16-17-18-19-20-21-22-23-29-32(41-34(6,7)39-29)27(35-31(36)24-12-9-2)25-37-26-30-28(10-3)38-33(4,5)40-30/h27-30,32H,8-26H2,1-7H3,(H,35,36)/t27-,28-,29+,30?,32-/m0/s1. The predicted octanol–water partition coefficient (Wildman–Crippen LogP) is 8.22. The van der Waals surface area contributed by atoms with Gasteiger partial charge in [-0.2, -0.15) is 0 Å². The Morgan fingerprint density at radius 2 is 1.20 bits per heavy atom. The van der Waals surface area contributed by atoms with E-state index in [9.17, 15) is 4.79 Å². The summed E-state index contributed by atoms with van der Waals surface area (Å²) in [7, 11) is 0. The van der Waals surface area contributed by atoms with Crippen LogP contribution in [-0.4, -0.2) is 61.2 Å². The lowest BCUT2D eigenvalue weighted by molar-refractivity contribution is -0.156. The molecule has 0 aliphatic carbocycles. The van der Waals surface area contributed by atoms with Crippen LogP contribution in [-0.2, 0) is 28.5 Å². The highest BCUT2D eigenvalue weighted by Gasteiger charge is 2.46. The van der Waals surface area contributed by atoms with E-state index in [4.69, 9.17) is 23.7 Å². The number of nitrogens with one attached hydrogen (secondary N) is 1. The summed E-state index contributed by atoms with van der Waals surface area (Å²) in [6.07, 6.45) is 19.6. The molecule has 2 saturated heterocycles. The van der Waals surface area contributed by atoms with E-state index in [1.165, 1.54) is 70.6 Å². The molecule has 2 rings (SSSR count). The Bertz CT molecular complexity index is 699. The van der Waals surface area contributed by atoms with Crippen LogP contribution >= 0.6 is 0 Å². The summed E-state index contributed by atoms with van der Waals surface area (Å²) in [6, 6.07) is -0.279. The Labute approximate surface area is 252 Å². The van der Waals surface area contributed by atoms with Crippen LogP contribution in [0.5, 0.6) is 0 Å². The molecule has 1 unspecified atom stereocenters. The van der Waals surface area contributed by atoms with Crippen LogP contribution in [0.25, 0.3) is 0 Å². The van der Waals surface area contributed by atoms with E-state index in [2.05, 4.69) is 26.1 Å². The molecule has 0 aromatic heterocycles. The van der Waals surface area contributed by atoms with Crippen molar-refractivity contribution < 1.29 is 28.5 Å². The van der Waals surface area contributed by atoms with Crippen LogP contribution in [0.3, 0.4) is 0 Å². The highest BCUT2D eigenvalue weighted by Crippen LogP contribution is 2.34. The van der Waals surface area contributed by atoms with Crippen molar-refractivity contribution in [1.82, 2.24) is 5.32 Å². The first-order valence-electron chi connectivity index (χ1n) is 17.2. The lowest BCUT2D eigenvalue weighted by atomic mass is 9.99. The summed E-state index contributed by atoms with van der Waals surface area (Å²) >= 11 is 0. The fourth-order valence-electron chi connectivity index (χ4n) is 6.16. The third-order valence-corrected chi connectivity index (χ3v) is 8.33. The van der Waals surface area contributed by atoms with Crippen molar-refractivity contribution in [2.75, 3.05) is 13.2 Å². The van der Waals surface area contributed by atoms with Gasteiger partial charge in [-0.3, -0.25) is 4.79 Å². The number of rotatable bonds is 23. The van der Waals surface area contributed by atoms with Gasteiger partial charge in [-0.15, -0.1) is 0 Å². The maximum Gasteiger partial charge on any atom is 0.220 e. The lowest BCUT2D eigenvalue weighted by Crippen LogP contribution is -2.50. The molecule has 0 radical (unpaired) electrons. The maximum absolute atomic E-state index is 12.8. The second-order valence-electron chi connectivity index (χ2n) is 13.3. The molecular formula is C34H65NO6. The topological polar surface area (TPSA) is 75.2 Å². The molecule has 1 N–H and O–H groups in total. The van der Waals surface area contributed by atoms with Gasteiger partial charge in [0.2, 0.25) is 5.91 Å². The minimum atomic E-state index is -0.682. The van der Waals surface area contributed by atoms with Gasteiger partial charge < -0.3 is 29.0 Å². The van der Waals surface area contributed by atoms with Crippen LogP contribution < -0.4 is 5.32 Å². The summed E-state index contributed by atoms with van der Waals surface area (Å²) in [5.41, 5.74) is 0. The van der Waals surface area contributed by atoms with E-state index in [0.29, 0.717) is 19.6 Å². The summed E-state index contributed by atoms with van der Waals surface area (Å²) in [4.78, 5) is 12.8. The first-order chi connectivity index (χ1) is 19.6. The molecule has 0 bridgehead atoms. The summed E-state index contributed by atoms with van der Waals surface area (Å²) in [5, 5.41) is 3.23. The highest BCUT2D eigenvalue weighted by atomic mass is 16.8. The zero-order chi connectivity index (χ0) is 30.1. The van der Waals surface area contributed by atoms with E-state index in [1.54, 1.807) is 0 Å².